The molecule has 0 atom stereocenters. The number of hydrogen-bond donors (Lipinski definition) is 0. The van der Waals surface area contributed by atoms with Crippen LogP contribution in [0.2, 0.25) is 0 Å². The Balaban J connectivity index is 1.67. The monoisotopic (exact) mass is 383 g/mol. The molecule has 1 aliphatic rings. The van der Waals surface area contributed by atoms with E-state index >= 15 is 0 Å². The van der Waals surface area contributed by atoms with Gasteiger partial charge >= 0.3 is 0 Å². The quantitative estimate of drug-likeness (QED) is 0.429. The van der Waals surface area contributed by atoms with Crippen LogP contribution in [0.4, 0.5) is 0 Å². The van der Waals surface area contributed by atoms with Crippen molar-refractivity contribution in [1.82, 2.24) is 4.90 Å². The summed E-state index contributed by atoms with van der Waals surface area (Å²) in [5, 5.41) is 0. The fraction of sp³-hybridized carbons (Fsp3) is 0.150. The Kier molecular flexibility index (Phi) is 5.85. The van der Waals surface area contributed by atoms with E-state index in [1.165, 1.54) is 11.8 Å². The van der Waals surface area contributed by atoms with Crippen molar-refractivity contribution in [3.8, 4) is 5.75 Å². The van der Waals surface area contributed by atoms with Crippen LogP contribution in [0, 0.1) is 0 Å². The molecule has 0 aliphatic carbocycles. The lowest BCUT2D eigenvalue weighted by Gasteiger charge is -2.14. The lowest BCUT2D eigenvalue weighted by molar-refractivity contribution is -0.122. The Bertz CT molecular complexity index is 858. The van der Waals surface area contributed by atoms with E-state index in [0.717, 1.165) is 29.6 Å². The van der Waals surface area contributed by atoms with Crippen molar-refractivity contribution in [3.63, 3.8) is 0 Å². The van der Waals surface area contributed by atoms with Crippen molar-refractivity contribution >= 4 is 46.6 Å². The molecule has 2 aromatic rings. The molecule has 1 amide bonds. The highest BCUT2D eigenvalue weighted by Crippen LogP contribution is 2.32. The number of carbonyl (C=O) groups is 2. The molecule has 1 heterocycles. The first-order chi connectivity index (χ1) is 12.6. The third-order valence-electron chi connectivity index (χ3n) is 4.03. The molecule has 4 nitrogen and oxygen atoms in total. The second-order valence-electron chi connectivity index (χ2n) is 5.72. The van der Waals surface area contributed by atoms with Gasteiger partial charge in [0.1, 0.15) is 16.4 Å². The van der Waals surface area contributed by atoms with Crippen molar-refractivity contribution in [2.75, 3.05) is 13.7 Å². The number of thioether (sulfide) groups is 1. The number of benzene rings is 2. The molecule has 0 spiro atoms. The van der Waals surface area contributed by atoms with Gasteiger partial charge in [0, 0.05) is 12.1 Å². The maximum atomic E-state index is 12.6. The highest BCUT2D eigenvalue weighted by Gasteiger charge is 2.31. The molecular weight excluding hydrogens is 366 g/mol. The van der Waals surface area contributed by atoms with Gasteiger partial charge in [-0.1, -0.05) is 60.4 Å². The first-order valence-electron chi connectivity index (χ1n) is 8.04. The average Bonchev–Trinajstić information content (AvgIpc) is 2.94. The summed E-state index contributed by atoms with van der Waals surface area (Å²) in [4.78, 5) is 25.6. The summed E-state index contributed by atoms with van der Waals surface area (Å²) in [6, 6.07) is 14.9. The number of nitrogens with zero attached hydrogens (tertiary/aromatic N) is 1. The minimum absolute atomic E-state index is 0.0759. The zero-order valence-corrected chi connectivity index (χ0v) is 15.8. The van der Waals surface area contributed by atoms with E-state index < -0.39 is 0 Å². The molecule has 1 fully saturated rings. The van der Waals surface area contributed by atoms with E-state index in [-0.39, 0.29) is 5.91 Å². The summed E-state index contributed by atoms with van der Waals surface area (Å²) in [7, 11) is 1.63. The first kappa shape index (κ1) is 18.4. The molecule has 6 heteroatoms. The Labute approximate surface area is 161 Å². The van der Waals surface area contributed by atoms with E-state index in [2.05, 4.69) is 0 Å². The smallest absolute Gasteiger partial charge is 0.266 e. The molecule has 26 heavy (non-hydrogen) atoms. The van der Waals surface area contributed by atoms with Gasteiger partial charge in [0.05, 0.1) is 12.0 Å². The molecule has 0 saturated carbocycles. The van der Waals surface area contributed by atoms with E-state index in [9.17, 15) is 9.59 Å². The summed E-state index contributed by atoms with van der Waals surface area (Å²) >= 11 is 6.67. The number of thiocarbonyl (C=S) groups is 1. The molecule has 0 radical (unpaired) electrons. The lowest BCUT2D eigenvalue weighted by Crippen LogP contribution is -2.30. The van der Waals surface area contributed by atoms with Gasteiger partial charge in [-0.15, -0.1) is 0 Å². The van der Waals surface area contributed by atoms with Gasteiger partial charge < -0.3 is 4.74 Å². The highest BCUT2D eigenvalue weighted by molar-refractivity contribution is 8.26. The van der Waals surface area contributed by atoms with Crippen LogP contribution < -0.4 is 4.74 Å². The van der Waals surface area contributed by atoms with Gasteiger partial charge in [-0.2, -0.15) is 0 Å². The number of ether oxygens (including phenoxy) is 1. The third kappa shape index (κ3) is 4.20. The molecule has 0 N–H and O–H groups in total. The van der Waals surface area contributed by atoms with Crippen molar-refractivity contribution < 1.29 is 14.3 Å². The predicted octanol–water partition coefficient (Wildman–Crippen LogP) is 3.95. The van der Waals surface area contributed by atoms with Crippen LogP contribution in [0.5, 0.6) is 5.75 Å². The minimum atomic E-state index is -0.0759. The van der Waals surface area contributed by atoms with Crippen molar-refractivity contribution in [2.45, 2.75) is 6.42 Å². The molecule has 132 valence electrons. The van der Waals surface area contributed by atoms with Crippen LogP contribution in [0.3, 0.4) is 0 Å². The zero-order chi connectivity index (χ0) is 18.5. The first-order valence-corrected chi connectivity index (χ1v) is 9.27. The number of carbonyl (C=O) groups excluding carboxylic acids is 2. The van der Waals surface area contributed by atoms with Crippen LogP contribution in [0.1, 0.15) is 21.5 Å². The fourth-order valence-electron chi connectivity index (χ4n) is 2.55. The molecule has 0 bridgehead atoms. The maximum Gasteiger partial charge on any atom is 0.266 e. The van der Waals surface area contributed by atoms with E-state index in [1.807, 2.05) is 36.4 Å². The van der Waals surface area contributed by atoms with Crippen molar-refractivity contribution in [2.24, 2.45) is 0 Å². The number of hydrogen-bond acceptors (Lipinski definition) is 5. The third-order valence-corrected chi connectivity index (χ3v) is 5.40. The van der Waals surface area contributed by atoms with Gasteiger partial charge in [0.2, 0.25) is 0 Å². The number of methoxy groups -OCH3 is 1. The van der Waals surface area contributed by atoms with Gasteiger partial charge in [-0.25, -0.2) is 0 Å². The molecule has 0 unspecified atom stereocenters. The SMILES string of the molecule is COc1ccc(CCN2C(=O)C(=Cc3ccc(C=O)cc3)SC2=S)cc1. The van der Waals surface area contributed by atoms with Crippen LogP contribution >= 0.6 is 24.0 Å². The van der Waals surface area contributed by atoms with E-state index in [4.69, 9.17) is 17.0 Å². The molecule has 3 rings (SSSR count). The van der Waals surface area contributed by atoms with Crippen LogP contribution in [0.25, 0.3) is 6.08 Å². The number of amides is 1. The second-order valence-corrected chi connectivity index (χ2v) is 7.39. The molecular formula is C20H17NO3S2. The lowest BCUT2D eigenvalue weighted by atomic mass is 10.1. The van der Waals surface area contributed by atoms with Crippen LogP contribution in [0.15, 0.2) is 53.4 Å². The van der Waals surface area contributed by atoms with E-state index in [1.54, 1.807) is 30.2 Å². The van der Waals surface area contributed by atoms with Crippen LogP contribution in [-0.2, 0) is 11.2 Å². The summed E-state index contributed by atoms with van der Waals surface area (Å²) in [5.41, 5.74) is 2.59. The Hall–Kier alpha value is -2.44. The van der Waals surface area contributed by atoms with Crippen molar-refractivity contribution in [3.05, 3.63) is 70.1 Å². The molecule has 1 aliphatic heterocycles. The summed E-state index contributed by atoms with van der Waals surface area (Å²) in [5.74, 6) is 0.732. The van der Waals surface area contributed by atoms with E-state index in [0.29, 0.717) is 21.3 Å². The van der Waals surface area contributed by atoms with Gasteiger partial charge in [0.25, 0.3) is 5.91 Å². The van der Waals surface area contributed by atoms with Crippen molar-refractivity contribution in [1.29, 1.82) is 0 Å². The molecule has 1 saturated heterocycles. The summed E-state index contributed by atoms with van der Waals surface area (Å²) in [6.45, 7) is 0.540. The fourth-order valence-corrected chi connectivity index (χ4v) is 3.86. The summed E-state index contributed by atoms with van der Waals surface area (Å²) < 4.78 is 5.72. The number of rotatable bonds is 6. The predicted molar refractivity (Wildman–Crippen MR) is 108 cm³/mol. The maximum absolute atomic E-state index is 12.6. The highest BCUT2D eigenvalue weighted by atomic mass is 32.2. The normalized spacial score (nSPS) is 15.6. The standard InChI is InChI=1S/C20H17NO3S2/c1-24-17-8-6-14(7-9-17)10-11-21-19(23)18(26-20(21)25)12-15-2-4-16(13-22)5-3-15/h2-9,12-13H,10-11H2,1H3. The van der Waals surface area contributed by atoms with Crippen LogP contribution in [-0.4, -0.2) is 35.1 Å². The Morgan fingerprint density at radius 3 is 2.35 bits per heavy atom. The minimum Gasteiger partial charge on any atom is -0.497 e. The second kappa shape index (κ2) is 8.29. The topological polar surface area (TPSA) is 46.6 Å². The Morgan fingerprint density at radius 2 is 1.73 bits per heavy atom. The Morgan fingerprint density at radius 1 is 1.08 bits per heavy atom. The number of aldehydes is 1. The molecule has 2 aromatic carbocycles. The van der Waals surface area contributed by atoms with Gasteiger partial charge in [-0.05, 0) is 35.8 Å². The average molecular weight is 383 g/mol. The van der Waals surface area contributed by atoms with Gasteiger partial charge in [-0.3, -0.25) is 14.5 Å². The summed E-state index contributed by atoms with van der Waals surface area (Å²) in [6.07, 6.45) is 3.32. The zero-order valence-electron chi connectivity index (χ0n) is 14.2. The largest absolute Gasteiger partial charge is 0.497 e. The molecule has 0 aromatic heterocycles. The van der Waals surface area contributed by atoms with Gasteiger partial charge in [0.15, 0.2) is 0 Å².